The van der Waals surface area contributed by atoms with E-state index in [1.54, 1.807) is 21.3 Å². The molecule has 4 rings (SSSR count). The highest BCUT2D eigenvalue weighted by Crippen LogP contribution is 2.50. The number of nitrogens with zero attached hydrogens (tertiary/aromatic N) is 2. The minimum atomic E-state index is -3.63. The lowest BCUT2D eigenvalue weighted by Gasteiger charge is -2.34. The fraction of sp³-hybridized carbons (Fsp3) is 0.350. The fourth-order valence-corrected chi connectivity index (χ4v) is 6.24. The number of benzene rings is 2. The molecule has 2 heterocycles. The van der Waals surface area contributed by atoms with Gasteiger partial charge in [-0.1, -0.05) is 48.5 Å². The van der Waals surface area contributed by atoms with Gasteiger partial charge in [-0.3, -0.25) is 4.79 Å². The van der Waals surface area contributed by atoms with E-state index >= 15 is 0 Å². The summed E-state index contributed by atoms with van der Waals surface area (Å²) in [5, 5.41) is 0. The molecule has 0 aromatic heterocycles. The summed E-state index contributed by atoms with van der Waals surface area (Å²) >= 11 is 0. The van der Waals surface area contributed by atoms with E-state index in [0.29, 0.717) is 24.4 Å². The molecule has 0 bridgehead atoms. The molecule has 1 fully saturated rings. The van der Waals surface area contributed by atoms with Gasteiger partial charge in [-0.25, -0.2) is 8.42 Å². The van der Waals surface area contributed by atoms with Crippen molar-refractivity contribution in [2.24, 2.45) is 0 Å². The number of carbonyl (C=O) groups is 1. The fourth-order valence-electron chi connectivity index (χ4n) is 4.19. The Bertz CT molecular complexity index is 961. The molecule has 6 nitrogen and oxygen atoms in total. The summed E-state index contributed by atoms with van der Waals surface area (Å²) in [7, 11) is -2.15. The van der Waals surface area contributed by atoms with Crippen molar-refractivity contribution in [1.82, 2.24) is 9.21 Å². The summed E-state index contributed by atoms with van der Waals surface area (Å²) in [6, 6.07) is 16.7. The molecule has 1 spiro atoms. The Kier molecular flexibility index (Phi) is 4.53. The molecule has 1 unspecified atom stereocenters. The summed E-state index contributed by atoms with van der Waals surface area (Å²) in [6.07, 6.45) is 0.575. The second-order valence-corrected chi connectivity index (χ2v) is 8.85. The molecule has 2 aromatic rings. The maximum atomic E-state index is 13.3. The van der Waals surface area contributed by atoms with E-state index in [2.05, 4.69) is 0 Å². The predicted molar refractivity (Wildman–Crippen MR) is 100 cm³/mol. The molecule has 2 aliphatic heterocycles. The minimum absolute atomic E-state index is 0.00314. The normalized spacial score (nSPS) is 23.7. The average molecular weight is 386 g/mol. The van der Waals surface area contributed by atoms with Gasteiger partial charge in [0.15, 0.2) is 0 Å². The lowest BCUT2D eigenvalue weighted by Crippen LogP contribution is -2.46. The highest BCUT2D eigenvalue weighted by atomic mass is 32.2. The third-order valence-corrected chi connectivity index (χ3v) is 7.44. The van der Waals surface area contributed by atoms with E-state index < -0.39 is 15.6 Å². The van der Waals surface area contributed by atoms with Crippen LogP contribution in [0.25, 0.3) is 0 Å². The van der Waals surface area contributed by atoms with Crippen molar-refractivity contribution in [3.8, 4) is 0 Å². The molecule has 0 saturated carbocycles. The molecule has 0 N–H and O–H groups in total. The smallest absolute Gasteiger partial charge is 0.248 e. The van der Waals surface area contributed by atoms with Crippen LogP contribution in [0, 0.1) is 0 Å². The molecule has 1 atom stereocenters. The van der Waals surface area contributed by atoms with E-state index in [1.165, 1.54) is 7.11 Å². The molecule has 2 aliphatic rings. The zero-order valence-electron chi connectivity index (χ0n) is 15.2. The van der Waals surface area contributed by atoms with Crippen LogP contribution in [0.4, 0.5) is 0 Å². The molecule has 1 saturated heterocycles. The summed E-state index contributed by atoms with van der Waals surface area (Å²) in [4.78, 5) is 14.4. The van der Waals surface area contributed by atoms with E-state index in [1.807, 2.05) is 42.5 Å². The number of ether oxygens (including phenoxy) is 1. The molecule has 0 radical (unpaired) electrons. The molecule has 7 heteroatoms. The first-order valence-electron chi connectivity index (χ1n) is 8.92. The van der Waals surface area contributed by atoms with Crippen LogP contribution in [0.2, 0.25) is 0 Å². The average Bonchev–Trinajstić information content (AvgIpc) is 3.19. The zero-order chi connectivity index (χ0) is 19.1. The van der Waals surface area contributed by atoms with Crippen molar-refractivity contribution in [1.29, 1.82) is 0 Å². The number of hydrogen-bond acceptors (Lipinski definition) is 4. The topological polar surface area (TPSA) is 66.9 Å². The Labute approximate surface area is 159 Å². The van der Waals surface area contributed by atoms with E-state index in [4.69, 9.17) is 4.74 Å². The van der Waals surface area contributed by atoms with Gasteiger partial charge in [0.25, 0.3) is 0 Å². The Morgan fingerprint density at radius 1 is 1.11 bits per heavy atom. The number of sulfonamides is 1. The zero-order valence-corrected chi connectivity index (χ0v) is 16.0. The Balaban J connectivity index is 1.78. The van der Waals surface area contributed by atoms with Gasteiger partial charge < -0.3 is 9.64 Å². The summed E-state index contributed by atoms with van der Waals surface area (Å²) in [5.41, 5.74) is 0.984. The monoisotopic (exact) mass is 386 g/mol. The summed E-state index contributed by atoms with van der Waals surface area (Å²) in [5.74, 6) is -0.115. The molecule has 1 amide bonds. The van der Waals surface area contributed by atoms with Crippen LogP contribution in [0.1, 0.15) is 17.5 Å². The third-order valence-electron chi connectivity index (χ3n) is 5.47. The van der Waals surface area contributed by atoms with Crippen LogP contribution in [0.3, 0.4) is 0 Å². The van der Waals surface area contributed by atoms with Crippen LogP contribution in [-0.2, 0) is 31.6 Å². The summed E-state index contributed by atoms with van der Waals surface area (Å²) in [6.45, 7) is 1.14. The van der Waals surface area contributed by atoms with Gasteiger partial charge in [0.1, 0.15) is 6.61 Å². The lowest BCUT2D eigenvalue weighted by molar-refractivity contribution is -0.134. The van der Waals surface area contributed by atoms with Crippen LogP contribution in [0.5, 0.6) is 0 Å². The van der Waals surface area contributed by atoms with Crippen molar-refractivity contribution < 1.29 is 17.9 Å². The largest absolute Gasteiger partial charge is 0.375 e. The van der Waals surface area contributed by atoms with Gasteiger partial charge in [0.05, 0.1) is 10.4 Å². The van der Waals surface area contributed by atoms with Crippen molar-refractivity contribution in [2.45, 2.75) is 23.4 Å². The highest BCUT2D eigenvalue weighted by Gasteiger charge is 2.57. The first-order valence-corrected chi connectivity index (χ1v) is 10.4. The second kappa shape index (κ2) is 6.74. The molecule has 0 aliphatic carbocycles. The summed E-state index contributed by atoms with van der Waals surface area (Å²) < 4.78 is 33.3. The number of amides is 1. The van der Waals surface area contributed by atoms with E-state index in [9.17, 15) is 13.2 Å². The van der Waals surface area contributed by atoms with Gasteiger partial charge >= 0.3 is 0 Å². The Morgan fingerprint density at radius 3 is 2.56 bits per heavy atom. The van der Waals surface area contributed by atoms with Crippen LogP contribution >= 0.6 is 0 Å². The highest BCUT2D eigenvalue weighted by molar-refractivity contribution is 7.89. The number of methoxy groups -OCH3 is 1. The third kappa shape index (κ3) is 2.86. The number of hydrogen-bond donors (Lipinski definition) is 0. The van der Waals surface area contributed by atoms with Gasteiger partial charge in [-0.05, 0) is 23.6 Å². The van der Waals surface area contributed by atoms with Gasteiger partial charge in [0, 0.05) is 26.7 Å². The van der Waals surface area contributed by atoms with Gasteiger partial charge in [-0.2, -0.15) is 4.31 Å². The lowest BCUT2D eigenvalue weighted by atomic mass is 9.88. The Hall–Kier alpha value is -2.22. The van der Waals surface area contributed by atoms with E-state index in [-0.39, 0.29) is 19.1 Å². The van der Waals surface area contributed by atoms with Crippen molar-refractivity contribution in [3.05, 3.63) is 65.7 Å². The molecule has 2 aromatic carbocycles. The molecular formula is C20H22N2O4S. The minimum Gasteiger partial charge on any atom is -0.375 e. The second-order valence-electron chi connectivity index (χ2n) is 7.02. The first-order chi connectivity index (χ1) is 13.0. The molecule has 27 heavy (non-hydrogen) atoms. The van der Waals surface area contributed by atoms with Crippen molar-refractivity contribution in [2.75, 3.05) is 26.8 Å². The van der Waals surface area contributed by atoms with Crippen LogP contribution in [0.15, 0.2) is 59.5 Å². The maximum Gasteiger partial charge on any atom is 0.248 e. The Morgan fingerprint density at radius 2 is 1.81 bits per heavy atom. The predicted octanol–water partition coefficient (Wildman–Crippen LogP) is 1.97. The number of likely N-dealkylation sites (tertiary alicyclic amines) is 1. The first kappa shape index (κ1) is 18.2. The van der Waals surface area contributed by atoms with Crippen LogP contribution in [-0.4, -0.2) is 50.3 Å². The van der Waals surface area contributed by atoms with Crippen molar-refractivity contribution >= 4 is 15.9 Å². The molecule has 142 valence electrons. The standard InChI is InChI=1S/C20H22N2O4S/c1-26-14-19(23)21-12-11-20(15-21)17-9-5-6-10-18(17)27(24,25)22(20)13-16-7-3-2-4-8-16/h2-10H,11-15H2,1H3. The van der Waals surface area contributed by atoms with Gasteiger partial charge in [0.2, 0.25) is 15.9 Å². The van der Waals surface area contributed by atoms with Crippen LogP contribution < -0.4 is 0 Å². The number of fused-ring (bicyclic) bond motifs is 2. The molecular weight excluding hydrogens is 364 g/mol. The SMILES string of the molecule is COCC(=O)N1CCC2(C1)c1ccccc1S(=O)(=O)N2Cc1ccccc1. The van der Waals surface area contributed by atoms with Gasteiger partial charge in [-0.15, -0.1) is 0 Å². The number of rotatable bonds is 4. The van der Waals surface area contributed by atoms with E-state index in [0.717, 1.165) is 11.1 Å². The van der Waals surface area contributed by atoms with Crippen molar-refractivity contribution in [3.63, 3.8) is 0 Å². The quantitative estimate of drug-likeness (QED) is 0.806. The maximum absolute atomic E-state index is 13.3. The number of carbonyl (C=O) groups excluding carboxylic acids is 1.